The van der Waals surface area contributed by atoms with Gasteiger partial charge in [-0.1, -0.05) is 6.92 Å². The number of nitrogens with one attached hydrogen (secondary N) is 1. The molecule has 2 atom stereocenters. The van der Waals surface area contributed by atoms with Crippen molar-refractivity contribution in [2.45, 2.75) is 25.9 Å². The molecule has 1 aliphatic rings. The Morgan fingerprint density at radius 1 is 1.71 bits per heavy atom. The van der Waals surface area contributed by atoms with Crippen LogP contribution >= 0.6 is 0 Å². The summed E-state index contributed by atoms with van der Waals surface area (Å²) in [7, 11) is 1.72. The van der Waals surface area contributed by atoms with Gasteiger partial charge in [-0.15, -0.1) is 0 Å². The molecule has 0 radical (unpaired) electrons. The highest BCUT2D eigenvalue weighted by molar-refractivity contribution is 5.30. The zero-order valence-electron chi connectivity index (χ0n) is 8.73. The summed E-state index contributed by atoms with van der Waals surface area (Å²) >= 11 is 0. The van der Waals surface area contributed by atoms with Crippen molar-refractivity contribution in [3.05, 3.63) is 12.4 Å². The third-order valence-corrected chi connectivity index (χ3v) is 2.68. The molecule has 0 aromatic carbocycles. The maximum Gasteiger partial charge on any atom is 0.203 e. The van der Waals surface area contributed by atoms with Crippen LogP contribution in [0.4, 0.5) is 5.95 Å². The van der Waals surface area contributed by atoms with Crippen molar-refractivity contribution in [3.8, 4) is 0 Å². The molecule has 1 aromatic heterocycles. The molecular weight excluding hydrogens is 178 g/mol. The standard InChI is InChI=1S/C10H17N3O/c1-8-7-9(8)12-10-11-3-4-13(10)5-6-14-2/h3-4,8-9H,5-7H2,1-2H3,(H,11,12). The van der Waals surface area contributed by atoms with E-state index in [2.05, 4.69) is 21.8 Å². The van der Waals surface area contributed by atoms with E-state index >= 15 is 0 Å². The molecule has 1 N–H and O–H groups in total. The van der Waals surface area contributed by atoms with Gasteiger partial charge in [0.05, 0.1) is 6.61 Å². The van der Waals surface area contributed by atoms with Gasteiger partial charge in [-0.25, -0.2) is 4.98 Å². The first-order valence-electron chi connectivity index (χ1n) is 5.08. The number of hydrogen-bond donors (Lipinski definition) is 1. The number of hydrogen-bond acceptors (Lipinski definition) is 3. The normalized spacial score (nSPS) is 25.0. The van der Waals surface area contributed by atoms with E-state index in [0.29, 0.717) is 6.04 Å². The average molecular weight is 195 g/mol. The van der Waals surface area contributed by atoms with E-state index in [0.717, 1.165) is 25.0 Å². The van der Waals surface area contributed by atoms with Crippen LogP contribution in [-0.2, 0) is 11.3 Å². The van der Waals surface area contributed by atoms with Crippen LogP contribution in [0, 0.1) is 5.92 Å². The van der Waals surface area contributed by atoms with Gasteiger partial charge in [0, 0.05) is 32.1 Å². The molecule has 0 aliphatic heterocycles. The summed E-state index contributed by atoms with van der Waals surface area (Å²) in [6.45, 7) is 3.84. The fraction of sp³-hybridized carbons (Fsp3) is 0.700. The highest BCUT2D eigenvalue weighted by Crippen LogP contribution is 2.32. The minimum atomic E-state index is 0.624. The van der Waals surface area contributed by atoms with Gasteiger partial charge in [-0.05, 0) is 12.3 Å². The minimum absolute atomic E-state index is 0.624. The first-order valence-corrected chi connectivity index (χ1v) is 5.08. The summed E-state index contributed by atoms with van der Waals surface area (Å²) in [6.07, 6.45) is 5.07. The van der Waals surface area contributed by atoms with Gasteiger partial charge in [0.25, 0.3) is 0 Å². The lowest BCUT2D eigenvalue weighted by Gasteiger charge is -2.08. The fourth-order valence-corrected chi connectivity index (χ4v) is 1.51. The van der Waals surface area contributed by atoms with Gasteiger partial charge >= 0.3 is 0 Å². The van der Waals surface area contributed by atoms with Crippen LogP contribution in [-0.4, -0.2) is 29.3 Å². The highest BCUT2D eigenvalue weighted by atomic mass is 16.5. The molecule has 4 nitrogen and oxygen atoms in total. The summed E-state index contributed by atoms with van der Waals surface area (Å²) in [5.41, 5.74) is 0. The molecule has 0 amide bonds. The van der Waals surface area contributed by atoms with E-state index in [4.69, 9.17) is 4.74 Å². The molecule has 4 heteroatoms. The van der Waals surface area contributed by atoms with E-state index < -0.39 is 0 Å². The molecule has 2 unspecified atom stereocenters. The predicted octanol–water partition coefficient (Wildman–Crippen LogP) is 1.35. The van der Waals surface area contributed by atoms with E-state index in [1.165, 1.54) is 6.42 Å². The number of nitrogens with zero attached hydrogens (tertiary/aromatic N) is 2. The van der Waals surface area contributed by atoms with Crippen molar-refractivity contribution in [2.24, 2.45) is 5.92 Å². The maximum absolute atomic E-state index is 5.04. The van der Waals surface area contributed by atoms with E-state index in [9.17, 15) is 0 Å². The maximum atomic E-state index is 5.04. The van der Waals surface area contributed by atoms with Crippen LogP contribution in [0.3, 0.4) is 0 Å². The second-order valence-electron chi connectivity index (χ2n) is 3.90. The average Bonchev–Trinajstić information content (AvgIpc) is 2.70. The molecule has 1 aromatic rings. The zero-order valence-corrected chi connectivity index (χ0v) is 8.73. The smallest absolute Gasteiger partial charge is 0.203 e. The Morgan fingerprint density at radius 2 is 2.50 bits per heavy atom. The van der Waals surface area contributed by atoms with Crippen molar-refractivity contribution in [2.75, 3.05) is 19.0 Å². The molecule has 14 heavy (non-hydrogen) atoms. The summed E-state index contributed by atoms with van der Waals surface area (Å²) < 4.78 is 7.13. The zero-order chi connectivity index (χ0) is 9.97. The lowest BCUT2D eigenvalue weighted by molar-refractivity contribution is 0.187. The summed E-state index contributed by atoms with van der Waals surface area (Å²) in [6, 6.07) is 0.624. The summed E-state index contributed by atoms with van der Waals surface area (Å²) in [5.74, 6) is 1.76. The Morgan fingerprint density at radius 3 is 3.14 bits per heavy atom. The number of anilines is 1. The van der Waals surface area contributed by atoms with Crippen LogP contribution in [0.1, 0.15) is 13.3 Å². The van der Waals surface area contributed by atoms with Crippen molar-refractivity contribution in [1.29, 1.82) is 0 Å². The Kier molecular flexibility index (Phi) is 2.72. The minimum Gasteiger partial charge on any atom is -0.383 e. The molecule has 1 saturated carbocycles. The van der Waals surface area contributed by atoms with Crippen LogP contribution < -0.4 is 5.32 Å². The van der Waals surface area contributed by atoms with Gasteiger partial charge in [0.2, 0.25) is 5.95 Å². The molecule has 1 fully saturated rings. The second-order valence-corrected chi connectivity index (χ2v) is 3.90. The molecule has 0 spiro atoms. The van der Waals surface area contributed by atoms with Gasteiger partial charge in [-0.3, -0.25) is 0 Å². The van der Waals surface area contributed by atoms with E-state index in [1.54, 1.807) is 7.11 Å². The fourth-order valence-electron chi connectivity index (χ4n) is 1.51. The van der Waals surface area contributed by atoms with E-state index in [-0.39, 0.29) is 0 Å². The van der Waals surface area contributed by atoms with Crippen LogP contribution in [0.25, 0.3) is 0 Å². The largest absolute Gasteiger partial charge is 0.383 e. The molecular formula is C10H17N3O. The quantitative estimate of drug-likeness (QED) is 0.770. The Labute approximate surface area is 84.3 Å². The predicted molar refractivity (Wildman–Crippen MR) is 55.3 cm³/mol. The molecule has 1 aliphatic carbocycles. The van der Waals surface area contributed by atoms with Crippen molar-refractivity contribution in [3.63, 3.8) is 0 Å². The van der Waals surface area contributed by atoms with Gasteiger partial charge in [0.1, 0.15) is 0 Å². The Bertz CT molecular complexity index is 297. The first-order chi connectivity index (χ1) is 6.81. The third kappa shape index (κ3) is 2.07. The van der Waals surface area contributed by atoms with E-state index in [1.807, 2.05) is 12.4 Å². The van der Waals surface area contributed by atoms with Crippen molar-refractivity contribution >= 4 is 5.95 Å². The van der Waals surface area contributed by atoms with Gasteiger partial charge in [0.15, 0.2) is 0 Å². The number of aromatic nitrogens is 2. The molecule has 0 bridgehead atoms. The Balaban J connectivity index is 1.91. The van der Waals surface area contributed by atoms with Crippen LogP contribution in [0.5, 0.6) is 0 Å². The molecule has 1 heterocycles. The molecule has 0 saturated heterocycles. The lowest BCUT2D eigenvalue weighted by Crippen LogP contribution is -2.12. The summed E-state index contributed by atoms with van der Waals surface area (Å²) in [4.78, 5) is 4.28. The summed E-state index contributed by atoms with van der Waals surface area (Å²) in [5, 5.41) is 3.42. The molecule has 2 rings (SSSR count). The van der Waals surface area contributed by atoms with Crippen molar-refractivity contribution < 1.29 is 4.74 Å². The number of rotatable bonds is 5. The number of ether oxygens (including phenoxy) is 1. The SMILES string of the molecule is COCCn1ccnc1NC1CC1C. The first kappa shape index (κ1) is 9.52. The van der Waals surface area contributed by atoms with Crippen LogP contribution in [0.2, 0.25) is 0 Å². The second kappa shape index (κ2) is 4.00. The lowest BCUT2D eigenvalue weighted by atomic mass is 10.5. The Hall–Kier alpha value is -1.03. The molecule has 78 valence electrons. The number of methoxy groups -OCH3 is 1. The van der Waals surface area contributed by atoms with Crippen LogP contribution in [0.15, 0.2) is 12.4 Å². The topological polar surface area (TPSA) is 39.1 Å². The number of imidazole rings is 1. The van der Waals surface area contributed by atoms with Gasteiger partial charge < -0.3 is 14.6 Å². The third-order valence-electron chi connectivity index (χ3n) is 2.68. The van der Waals surface area contributed by atoms with Crippen molar-refractivity contribution in [1.82, 2.24) is 9.55 Å². The highest BCUT2D eigenvalue weighted by Gasteiger charge is 2.33. The van der Waals surface area contributed by atoms with Gasteiger partial charge in [-0.2, -0.15) is 0 Å². The monoisotopic (exact) mass is 195 g/mol.